The maximum absolute atomic E-state index is 11.6. The minimum absolute atomic E-state index is 0.0573. The molecule has 0 saturated heterocycles. The number of nitrogens with one attached hydrogen (secondary N) is 1. The summed E-state index contributed by atoms with van der Waals surface area (Å²) in [5.74, 6) is 0.655. The van der Waals surface area contributed by atoms with Crippen LogP contribution in [0, 0.1) is 0 Å². The molecule has 1 amide bonds. The number of Topliss-reactive ketones (excluding diaryl/α,β-unsaturated/α-hetero) is 1. The second-order valence-corrected chi connectivity index (χ2v) is 4.29. The van der Waals surface area contributed by atoms with Crippen molar-refractivity contribution in [3.05, 3.63) is 35.9 Å². The Morgan fingerprint density at radius 1 is 1.25 bits per heavy atom. The van der Waals surface area contributed by atoms with Gasteiger partial charge in [-0.15, -0.1) is 0 Å². The SMILES string of the molecule is CSCCC(=O)NCC(=O)c1ccccc1. The average molecular weight is 237 g/mol. The van der Waals surface area contributed by atoms with Gasteiger partial charge in [-0.1, -0.05) is 30.3 Å². The fourth-order valence-electron chi connectivity index (χ4n) is 1.19. The normalized spacial score (nSPS) is 9.81. The molecule has 0 aliphatic heterocycles. The maximum atomic E-state index is 11.6. The summed E-state index contributed by atoms with van der Waals surface area (Å²) in [4.78, 5) is 22.9. The number of ketones is 1. The molecule has 0 bridgehead atoms. The lowest BCUT2D eigenvalue weighted by Crippen LogP contribution is -2.29. The lowest BCUT2D eigenvalue weighted by atomic mass is 10.1. The van der Waals surface area contributed by atoms with Gasteiger partial charge >= 0.3 is 0 Å². The van der Waals surface area contributed by atoms with Gasteiger partial charge in [-0.3, -0.25) is 9.59 Å². The van der Waals surface area contributed by atoms with Crippen molar-refractivity contribution in [3.8, 4) is 0 Å². The van der Waals surface area contributed by atoms with Crippen molar-refractivity contribution in [1.82, 2.24) is 5.32 Å². The van der Waals surface area contributed by atoms with E-state index in [1.807, 2.05) is 24.5 Å². The van der Waals surface area contributed by atoms with Gasteiger partial charge in [-0.05, 0) is 6.26 Å². The van der Waals surface area contributed by atoms with Gasteiger partial charge in [0, 0.05) is 17.7 Å². The number of benzene rings is 1. The Morgan fingerprint density at radius 3 is 2.56 bits per heavy atom. The van der Waals surface area contributed by atoms with Crippen molar-refractivity contribution in [2.24, 2.45) is 0 Å². The number of carbonyl (C=O) groups is 2. The Hall–Kier alpha value is -1.29. The summed E-state index contributed by atoms with van der Waals surface area (Å²) in [6, 6.07) is 8.96. The monoisotopic (exact) mass is 237 g/mol. The topological polar surface area (TPSA) is 46.2 Å². The van der Waals surface area contributed by atoms with E-state index < -0.39 is 0 Å². The third-order valence-electron chi connectivity index (χ3n) is 2.08. The highest BCUT2D eigenvalue weighted by Gasteiger charge is 2.06. The Morgan fingerprint density at radius 2 is 1.94 bits per heavy atom. The molecule has 16 heavy (non-hydrogen) atoms. The number of amides is 1. The summed E-state index contributed by atoms with van der Waals surface area (Å²) >= 11 is 1.61. The highest BCUT2D eigenvalue weighted by molar-refractivity contribution is 7.98. The largest absolute Gasteiger partial charge is 0.349 e. The number of hydrogen-bond acceptors (Lipinski definition) is 3. The Labute approximate surface area is 99.6 Å². The molecular weight excluding hydrogens is 222 g/mol. The molecule has 0 heterocycles. The van der Waals surface area contributed by atoms with Crippen LogP contribution in [0.2, 0.25) is 0 Å². The van der Waals surface area contributed by atoms with E-state index in [2.05, 4.69) is 5.32 Å². The van der Waals surface area contributed by atoms with Gasteiger partial charge in [-0.2, -0.15) is 11.8 Å². The van der Waals surface area contributed by atoms with E-state index in [0.717, 1.165) is 5.75 Å². The molecule has 0 saturated carbocycles. The summed E-state index contributed by atoms with van der Waals surface area (Å²) in [5.41, 5.74) is 0.632. The zero-order chi connectivity index (χ0) is 11.8. The van der Waals surface area contributed by atoms with Crippen LogP contribution < -0.4 is 5.32 Å². The van der Waals surface area contributed by atoms with Crippen LogP contribution in [-0.4, -0.2) is 30.2 Å². The quantitative estimate of drug-likeness (QED) is 0.767. The van der Waals surface area contributed by atoms with Crippen LogP contribution in [0.1, 0.15) is 16.8 Å². The molecule has 0 fully saturated rings. The number of thioether (sulfide) groups is 1. The van der Waals surface area contributed by atoms with Crippen LogP contribution in [0.5, 0.6) is 0 Å². The minimum atomic E-state index is -0.0707. The summed E-state index contributed by atoms with van der Waals surface area (Å²) in [6.45, 7) is 0.0806. The predicted octanol–water partition coefficient (Wildman–Crippen LogP) is 1.74. The molecule has 3 nitrogen and oxygen atoms in total. The smallest absolute Gasteiger partial charge is 0.221 e. The first-order valence-electron chi connectivity index (χ1n) is 5.08. The van der Waals surface area contributed by atoms with Gasteiger partial charge < -0.3 is 5.32 Å². The summed E-state index contributed by atoms with van der Waals surface area (Å²) < 4.78 is 0. The van der Waals surface area contributed by atoms with Crippen molar-refractivity contribution >= 4 is 23.5 Å². The van der Waals surface area contributed by atoms with E-state index in [1.54, 1.807) is 23.9 Å². The molecule has 0 unspecified atom stereocenters. The minimum Gasteiger partial charge on any atom is -0.349 e. The van der Waals surface area contributed by atoms with Crippen LogP contribution in [0.15, 0.2) is 30.3 Å². The maximum Gasteiger partial charge on any atom is 0.221 e. The van der Waals surface area contributed by atoms with Gasteiger partial charge in [0.2, 0.25) is 5.91 Å². The first kappa shape index (κ1) is 12.8. The van der Waals surface area contributed by atoms with Crippen molar-refractivity contribution in [2.45, 2.75) is 6.42 Å². The van der Waals surface area contributed by atoms with Crippen molar-refractivity contribution in [1.29, 1.82) is 0 Å². The Bertz CT molecular complexity index is 351. The molecule has 0 spiro atoms. The van der Waals surface area contributed by atoms with Gasteiger partial charge in [0.05, 0.1) is 6.54 Å². The third kappa shape index (κ3) is 4.49. The molecule has 0 radical (unpaired) electrons. The average Bonchev–Trinajstić information content (AvgIpc) is 2.34. The molecule has 1 aromatic carbocycles. The first-order valence-corrected chi connectivity index (χ1v) is 6.47. The van der Waals surface area contributed by atoms with E-state index in [1.165, 1.54) is 0 Å². The molecule has 86 valence electrons. The predicted molar refractivity (Wildman–Crippen MR) is 66.8 cm³/mol. The Balaban J connectivity index is 2.33. The van der Waals surface area contributed by atoms with E-state index >= 15 is 0 Å². The Kier molecular flexibility index (Phi) is 5.64. The second kappa shape index (κ2) is 7.06. The number of rotatable bonds is 6. The molecule has 1 N–H and O–H groups in total. The zero-order valence-corrected chi connectivity index (χ0v) is 10.0. The molecule has 0 aliphatic rings. The molecule has 0 atom stereocenters. The van der Waals surface area contributed by atoms with Crippen molar-refractivity contribution in [2.75, 3.05) is 18.6 Å². The van der Waals surface area contributed by atoms with Crippen LogP contribution in [0.3, 0.4) is 0 Å². The van der Waals surface area contributed by atoms with Crippen LogP contribution >= 0.6 is 11.8 Å². The van der Waals surface area contributed by atoms with Crippen LogP contribution in [0.4, 0.5) is 0 Å². The first-order chi connectivity index (χ1) is 7.74. The molecular formula is C12H15NO2S. The zero-order valence-electron chi connectivity index (χ0n) is 9.23. The van der Waals surface area contributed by atoms with Crippen LogP contribution in [-0.2, 0) is 4.79 Å². The van der Waals surface area contributed by atoms with E-state index in [4.69, 9.17) is 0 Å². The number of hydrogen-bond donors (Lipinski definition) is 1. The summed E-state index contributed by atoms with van der Waals surface area (Å²) in [7, 11) is 0. The highest BCUT2D eigenvalue weighted by atomic mass is 32.2. The highest BCUT2D eigenvalue weighted by Crippen LogP contribution is 1.99. The van der Waals surface area contributed by atoms with Crippen LogP contribution in [0.25, 0.3) is 0 Å². The van der Waals surface area contributed by atoms with Gasteiger partial charge in [0.25, 0.3) is 0 Å². The van der Waals surface area contributed by atoms with E-state index in [9.17, 15) is 9.59 Å². The van der Waals surface area contributed by atoms with Crippen molar-refractivity contribution in [3.63, 3.8) is 0 Å². The summed E-state index contributed by atoms with van der Waals surface area (Å²) in [6.07, 6.45) is 2.41. The second-order valence-electron chi connectivity index (χ2n) is 3.31. The van der Waals surface area contributed by atoms with Crippen molar-refractivity contribution < 1.29 is 9.59 Å². The standard InChI is InChI=1S/C12H15NO2S/c1-16-8-7-12(15)13-9-11(14)10-5-3-2-4-6-10/h2-6H,7-9H2,1H3,(H,13,15). The molecule has 4 heteroatoms. The lowest BCUT2D eigenvalue weighted by Gasteiger charge is -2.03. The molecule has 0 aromatic heterocycles. The van der Waals surface area contributed by atoms with E-state index in [0.29, 0.717) is 12.0 Å². The summed E-state index contributed by atoms with van der Waals surface area (Å²) in [5, 5.41) is 2.61. The molecule has 1 aromatic rings. The van der Waals surface area contributed by atoms with Gasteiger partial charge in [0.1, 0.15) is 0 Å². The van der Waals surface area contributed by atoms with E-state index in [-0.39, 0.29) is 18.2 Å². The third-order valence-corrected chi connectivity index (χ3v) is 2.69. The fourth-order valence-corrected chi connectivity index (χ4v) is 1.58. The lowest BCUT2D eigenvalue weighted by molar-refractivity contribution is -0.120. The fraction of sp³-hybridized carbons (Fsp3) is 0.333. The molecule has 0 aliphatic carbocycles. The number of carbonyl (C=O) groups excluding carboxylic acids is 2. The molecule has 1 rings (SSSR count). The van der Waals surface area contributed by atoms with Gasteiger partial charge in [0.15, 0.2) is 5.78 Å². The van der Waals surface area contributed by atoms with Gasteiger partial charge in [-0.25, -0.2) is 0 Å².